The van der Waals surface area contributed by atoms with Crippen LogP contribution in [0.15, 0.2) is 18.2 Å². The van der Waals surface area contributed by atoms with E-state index in [4.69, 9.17) is 5.11 Å². The molecule has 0 unspecified atom stereocenters. The Hall–Kier alpha value is -1.42. The molecule has 2 rings (SSSR count). The zero-order valence-corrected chi connectivity index (χ0v) is 11.7. The second kappa shape index (κ2) is 7.39. The summed E-state index contributed by atoms with van der Waals surface area (Å²) >= 11 is 0. The predicted octanol–water partition coefficient (Wildman–Crippen LogP) is 3.58. The predicted molar refractivity (Wildman–Crippen MR) is 76.3 cm³/mol. The molecule has 1 saturated carbocycles. The maximum absolute atomic E-state index is 13.5. The van der Waals surface area contributed by atoms with Crippen molar-refractivity contribution in [3.05, 3.63) is 35.1 Å². The number of hydrogen-bond donors (Lipinski definition) is 2. The standard InChI is InChI=1S/C16H22FNO2/c17-15-10-13(6-7-14(15)16(19)20)11-18-9-8-12-4-2-1-3-5-12/h6-7,10,12,18H,1-5,8-9,11H2,(H,19,20). The quantitative estimate of drug-likeness (QED) is 0.782. The van der Waals surface area contributed by atoms with Gasteiger partial charge in [-0.15, -0.1) is 0 Å². The van der Waals surface area contributed by atoms with E-state index in [-0.39, 0.29) is 5.56 Å². The highest BCUT2D eigenvalue weighted by atomic mass is 19.1. The van der Waals surface area contributed by atoms with Crippen molar-refractivity contribution < 1.29 is 14.3 Å². The van der Waals surface area contributed by atoms with E-state index in [1.165, 1.54) is 50.7 Å². The Morgan fingerprint density at radius 3 is 2.70 bits per heavy atom. The number of hydrogen-bond acceptors (Lipinski definition) is 2. The summed E-state index contributed by atoms with van der Waals surface area (Å²) in [6.07, 6.45) is 7.93. The molecular weight excluding hydrogens is 257 g/mol. The van der Waals surface area contributed by atoms with Crippen LogP contribution in [0.1, 0.15) is 54.4 Å². The molecule has 2 N–H and O–H groups in total. The summed E-state index contributed by atoms with van der Waals surface area (Å²) in [5.74, 6) is -1.05. The highest BCUT2D eigenvalue weighted by molar-refractivity contribution is 5.87. The molecule has 1 aliphatic rings. The first kappa shape index (κ1) is 15.0. The fourth-order valence-electron chi connectivity index (χ4n) is 2.86. The number of halogens is 1. The number of nitrogens with one attached hydrogen (secondary N) is 1. The lowest BCUT2D eigenvalue weighted by Gasteiger charge is -2.21. The molecule has 20 heavy (non-hydrogen) atoms. The van der Waals surface area contributed by atoms with Gasteiger partial charge in [0.2, 0.25) is 0 Å². The van der Waals surface area contributed by atoms with Crippen molar-refractivity contribution in [3.63, 3.8) is 0 Å². The van der Waals surface area contributed by atoms with E-state index in [1.54, 1.807) is 6.07 Å². The molecule has 4 heteroatoms. The third-order valence-electron chi connectivity index (χ3n) is 4.05. The molecule has 0 aliphatic heterocycles. The molecule has 0 amide bonds. The third-order valence-corrected chi connectivity index (χ3v) is 4.05. The number of carboxylic acids is 1. The van der Waals surface area contributed by atoms with Crippen LogP contribution >= 0.6 is 0 Å². The van der Waals surface area contributed by atoms with Gasteiger partial charge >= 0.3 is 5.97 Å². The highest BCUT2D eigenvalue weighted by Crippen LogP contribution is 2.25. The smallest absolute Gasteiger partial charge is 0.338 e. The van der Waals surface area contributed by atoms with Crippen molar-refractivity contribution in [3.8, 4) is 0 Å². The Kier molecular flexibility index (Phi) is 5.53. The molecular formula is C16H22FNO2. The van der Waals surface area contributed by atoms with Gasteiger partial charge < -0.3 is 10.4 Å². The molecule has 110 valence electrons. The molecule has 0 spiro atoms. The summed E-state index contributed by atoms with van der Waals surface area (Å²) in [6.45, 7) is 1.52. The molecule has 1 aromatic carbocycles. The van der Waals surface area contributed by atoms with Gasteiger partial charge in [0, 0.05) is 6.54 Å². The Labute approximate surface area is 119 Å². The summed E-state index contributed by atoms with van der Waals surface area (Å²) < 4.78 is 13.5. The summed E-state index contributed by atoms with van der Waals surface area (Å²) in [5.41, 5.74) is 0.520. The molecule has 0 aromatic heterocycles. The van der Waals surface area contributed by atoms with Crippen LogP contribution in [0, 0.1) is 11.7 Å². The summed E-state index contributed by atoms with van der Waals surface area (Å²) in [6, 6.07) is 4.30. The average molecular weight is 279 g/mol. The van der Waals surface area contributed by atoms with Crippen molar-refractivity contribution in [2.45, 2.75) is 45.1 Å². The first-order valence-electron chi connectivity index (χ1n) is 7.39. The van der Waals surface area contributed by atoms with Gasteiger partial charge in [-0.05, 0) is 36.6 Å². The SMILES string of the molecule is O=C(O)c1ccc(CNCCC2CCCCC2)cc1F. The number of aromatic carboxylic acids is 1. The number of carbonyl (C=O) groups is 1. The van der Waals surface area contributed by atoms with Gasteiger partial charge in [0.1, 0.15) is 5.82 Å². The number of carboxylic acid groups (broad SMARTS) is 1. The summed E-state index contributed by atoms with van der Waals surface area (Å²) in [7, 11) is 0. The topological polar surface area (TPSA) is 49.3 Å². The largest absolute Gasteiger partial charge is 0.478 e. The van der Waals surface area contributed by atoms with E-state index in [9.17, 15) is 9.18 Å². The van der Waals surface area contributed by atoms with E-state index in [1.807, 2.05) is 0 Å². The van der Waals surface area contributed by atoms with Crippen LogP contribution in [0.4, 0.5) is 4.39 Å². The maximum Gasteiger partial charge on any atom is 0.338 e. The van der Waals surface area contributed by atoms with Crippen molar-refractivity contribution >= 4 is 5.97 Å². The lowest BCUT2D eigenvalue weighted by atomic mass is 9.87. The Balaban J connectivity index is 1.73. The Bertz CT molecular complexity index is 456. The molecule has 0 atom stereocenters. The summed E-state index contributed by atoms with van der Waals surface area (Å²) in [5, 5.41) is 12.1. The molecule has 0 radical (unpaired) electrons. The van der Waals surface area contributed by atoms with Crippen LogP contribution < -0.4 is 5.32 Å². The van der Waals surface area contributed by atoms with E-state index in [0.717, 1.165) is 18.0 Å². The van der Waals surface area contributed by atoms with Crippen LogP contribution in [-0.4, -0.2) is 17.6 Å². The first-order valence-corrected chi connectivity index (χ1v) is 7.39. The van der Waals surface area contributed by atoms with Crippen LogP contribution in [-0.2, 0) is 6.54 Å². The van der Waals surface area contributed by atoms with Gasteiger partial charge in [0.25, 0.3) is 0 Å². The van der Waals surface area contributed by atoms with E-state index >= 15 is 0 Å². The third kappa shape index (κ3) is 4.30. The van der Waals surface area contributed by atoms with Crippen molar-refractivity contribution in [1.29, 1.82) is 0 Å². The zero-order valence-electron chi connectivity index (χ0n) is 11.7. The second-order valence-electron chi connectivity index (χ2n) is 5.59. The minimum atomic E-state index is -1.22. The van der Waals surface area contributed by atoms with Gasteiger partial charge in [-0.3, -0.25) is 0 Å². The van der Waals surface area contributed by atoms with Gasteiger partial charge in [-0.1, -0.05) is 38.2 Å². The average Bonchev–Trinajstić information content (AvgIpc) is 2.44. The van der Waals surface area contributed by atoms with Crippen LogP contribution in [0.2, 0.25) is 0 Å². The molecule has 0 heterocycles. The van der Waals surface area contributed by atoms with E-state index < -0.39 is 11.8 Å². The zero-order chi connectivity index (χ0) is 14.4. The fourth-order valence-corrected chi connectivity index (χ4v) is 2.86. The fraction of sp³-hybridized carbons (Fsp3) is 0.562. The Morgan fingerprint density at radius 2 is 2.05 bits per heavy atom. The van der Waals surface area contributed by atoms with Gasteiger partial charge in [-0.25, -0.2) is 9.18 Å². The number of rotatable bonds is 6. The minimum Gasteiger partial charge on any atom is -0.478 e. The second-order valence-corrected chi connectivity index (χ2v) is 5.59. The monoisotopic (exact) mass is 279 g/mol. The minimum absolute atomic E-state index is 0.268. The maximum atomic E-state index is 13.5. The van der Waals surface area contributed by atoms with Crippen LogP contribution in [0.5, 0.6) is 0 Å². The molecule has 1 fully saturated rings. The van der Waals surface area contributed by atoms with E-state index in [0.29, 0.717) is 6.54 Å². The molecule has 0 saturated heterocycles. The number of benzene rings is 1. The van der Waals surface area contributed by atoms with Gasteiger partial charge in [0.05, 0.1) is 5.56 Å². The molecule has 3 nitrogen and oxygen atoms in total. The lowest BCUT2D eigenvalue weighted by molar-refractivity contribution is 0.0692. The van der Waals surface area contributed by atoms with Gasteiger partial charge in [-0.2, -0.15) is 0 Å². The normalized spacial score (nSPS) is 16.2. The highest BCUT2D eigenvalue weighted by Gasteiger charge is 2.13. The van der Waals surface area contributed by atoms with Crippen LogP contribution in [0.3, 0.4) is 0 Å². The van der Waals surface area contributed by atoms with Gasteiger partial charge in [0.15, 0.2) is 0 Å². The molecule has 1 aliphatic carbocycles. The Morgan fingerprint density at radius 1 is 1.30 bits per heavy atom. The lowest BCUT2D eigenvalue weighted by Crippen LogP contribution is -2.19. The van der Waals surface area contributed by atoms with Crippen molar-refractivity contribution in [2.75, 3.05) is 6.54 Å². The van der Waals surface area contributed by atoms with Crippen molar-refractivity contribution in [1.82, 2.24) is 5.32 Å². The first-order chi connectivity index (χ1) is 9.66. The molecule has 0 bridgehead atoms. The summed E-state index contributed by atoms with van der Waals surface area (Å²) in [4.78, 5) is 10.7. The molecule has 1 aromatic rings. The van der Waals surface area contributed by atoms with E-state index in [2.05, 4.69) is 5.32 Å². The van der Waals surface area contributed by atoms with Crippen LogP contribution in [0.25, 0.3) is 0 Å². The van der Waals surface area contributed by atoms with Crippen molar-refractivity contribution in [2.24, 2.45) is 5.92 Å².